The highest BCUT2D eigenvalue weighted by Crippen LogP contribution is 2.28. The first-order valence-corrected chi connectivity index (χ1v) is 7.37. The van der Waals surface area contributed by atoms with Crippen molar-refractivity contribution < 1.29 is 4.74 Å². The predicted molar refractivity (Wildman–Crippen MR) is 77.8 cm³/mol. The Bertz CT molecular complexity index is 598. The van der Waals surface area contributed by atoms with Gasteiger partial charge in [0.05, 0.1) is 6.10 Å². The van der Waals surface area contributed by atoms with E-state index in [4.69, 9.17) is 10.5 Å². The van der Waals surface area contributed by atoms with E-state index in [1.54, 1.807) is 6.20 Å². The second kappa shape index (κ2) is 5.09. The highest BCUT2D eigenvalue weighted by Gasteiger charge is 2.28. The second-order valence-electron chi connectivity index (χ2n) is 4.94. The highest BCUT2D eigenvalue weighted by molar-refractivity contribution is 9.10. The molecule has 102 valence electrons. The fourth-order valence-electron chi connectivity index (χ4n) is 2.77. The van der Waals surface area contributed by atoms with Crippen LogP contribution in [0.1, 0.15) is 19.8 Å². The van der Waals surface area contributed by atoms with Gasteiger partial charge in [0, 0.05) is 29.7 Å². The van der Waals surface area contributed by atoms with E-state index >= 15 is 0 Å². The van der Waals surface area contributed by atoms with Crippen molar-refractivity contribution in [3.05, 3.63) is 16.7 Å². The van der Waals surface area contributed by atoms with Crippen molar-refractivity contribution in [1.29, 1.82) is 0 Å². The van der Waals surface area contributed by atoms with Crippen molar-refractivity contribution in [2.45, 2.75) is 32.4 Å². The van der Waals surface area contributed by atoms with Crippen LogP contribution in [0.3, 0.4) is 0 Å². The van der Waals surface area contributed by atoms with Gasteiger partial charge in [0.2, 0.25) is 5.95 Å². The number of pyridine rings is 1. The summed E-state index contributed by atoms with van der Waals surface area (Å²) in [5.41, 5.74) is 7.71. The molecule has 1 saturated heterocycles. The van der Waals surface area contributed by atoms with E-state index in [1.807, 2.05) is 10.6 Å². The molecule has 0 radical (unpaired) electrons. The smallest absolute Gasteiger partial charge is 0.202 e. The summed E-state index contributed by atoms with van der Waals surface area (Å²) >= 11 is 3.40. The first-order chi connectivity index (χ1) is 9.19. The largest absolute Gasteiger partial charge is 0.378 e. The van der Waals surface area contributed by atoms with E-state index in [0.29, 0.717) is 18.0 Å². The molecule has 2 atom stereocenters. The summed E-state index contributed by atoms with van der Waals surface area (Å²) in [6.45, 7) is 3.83. The van der Waals surface area contributed by atoms with Gasteiger partial charge in [0.1, 0.15) is 5.52 Å². The molecular weight excluding hydrogens is 308 g/mol. The van der Waals surface area contributed by atoms with Crippen LogP contribution in [-0.4, -0.2) is 27.2 Å². The number of anilines is 1. The average molecular weight is 325 g/mol. The summed E-state index contributed by atoms with van der Waals surface area (Å²) in [5, 5.41) is 0. The minimum absolute atomic E-state index is 0.326. The van der Waals surface area contributed by atoms with Gasteiger partial charge in [0.15, 0.2) is 5.65 Å². The maximum atomic E-state index is 6.02. The molecule has 1 fully saturated rings. The normalized spacial score (nSPS) is 23.3. The Hall–Kier alpha value is -1.14. The Morgan fingerprint density at radius 2 is 2.42 bits per heavy atom. The molecule has 19 heavy (non-hydrogen) atoms. The molecule has 0 bridgehead atoms. The molecule has 0 aromatic carbocycles. The molecule has 0 aliphatic carbocycles. The summed E-state index contributed by atoms with van der Waals surface area (Å²) < 4.78 is 8.65. The molecule has 2 N–H and O–H groups in total. The van der Waals surface area contributed by atoms with E-state index in [2.05, 4.69) is 32.8 Å². The summed E-state index contributed by atoms with van der Waals surface area (Å²) in [5.74, 6) is 1.03. The van der Waals surface area contributed by atoms with Crippen LogP contribution in [0.5, 0.6) is 0 Å². The van der Waals surface area contributed by atoms with Crippen LogP contribution >= 0.6 is 15.9 Å². The van der Waals surface area contributed by atoms with E-state index in [0.717, 1.165) is 41.6 Å². The Kier molecular flexibility index (Phi) is 3.45. The van der Waals surface area contributed by atoms with Crippen molar-refractivity contribution in [2.75, 3.05) is 12.3 Å². The van der Waals surface area contributed by atoms with Crippen LogP contribution in [0.25, 0.3) is 11.2 Å². The van der Waals surface area contributed by atoms with Crippen molar-refractivity contribution in [3.63, 3.8) is 0 Å². The third-order valence-corrected chi connectivity index (χ3v) is 4.18. The number of nitrogen functional groups attached to an aromatic ring is 1. The van der Waals surface area contributed by atoms with Gasteiger partial charge >= 0.3 is 0 Å². The maximum Gasteiger partial charge on any atom is 0.202 e. The summed E-state index contributed by atoms with van der Waals surface area (Å²) in [6.07, 6.45) is 4.22. The molecule has 3 heterocycles. The van der Waals surface area contributed by atoms with Gasteiger partial charge in [-0.3, -0.25) is 4.57 Å². The zero-order chi connectivity index (χ0) is 13.4. The lowest BCUT2D eigenvalue weighted by atomic mass is 9.99. The van der Waals surface area contributed by atoms with Crippen LogP contribution in [0.4, 0.5) is 5.95 Å². The van der Waals surface area contributed by atoms with Crippen LogP contribution in [0.2, 0.25) is 0 Å². The molecule has 0 spiro atoms. The lowest BCUT2D eigenvalue weighted by Crippen LogP contribution is -2.21. The van der Waals surface area contributed by atoms with Crippen molar-refractivity contribution in [2.24, 2.45) is 5.92 Å². The Morgan fingerprint density at radius 3 is 3.21 bits per heavy atom. The van der Waals surface area contributed by atoms with Gasteiger partial charge in [-0.2, -0.15) is 0 Å². The first kappa shape index (κ1) is 12.9. The topological polar surface area (TPSA) is 66.0 Å². The molecule has 0 amide bonds. The number of ether oxygens (including phenoxy) is 1. The fraction of sp³-hybridized carbons (Fsp3) is 0.538. The van der Waals surface area contributed by atoms with Crippen LogP contribution in [-0.2, 0) is 11.3 Å². The van der Waals surface area contributed by atoms with Crippen LogP contribution < -0.4 is 5.73 Å². The molecule has 0 saturated carbocycles. The number of fused-ring (bicyclic) bond motifs is 1. The molecule has 6 heteroatoms. The number of nitrogens with two attached hydrogens (primary N) is 1. The van der Waals surface area contributed by atoms with E-state index < -0.39 is 0 Å². The minimum atomic E-state index is 0.326. The molecule has 2 aromatic rings. The monoisotopic (exact) mass is 324 g/mol. The van der Waals surface area contributed by atoms with Crippen molar-refractivity contribution in [3.8, 4) is 0 Å². The predicted octanol–water partition coefficient (Wildman–Crippen LogP) is 2.59. The van der Waals surface area contributed by atoms with Gasteiger partial charge < -0.3 is 10.5 Å². The Labute approximate surface area is 120 Å². The molecular formula is C13H17BrN4O. The van der Waals surface area contributed by atoms with Gasteiger partial charge in [-0.1, -0.05) is 6.92 Å². The summed E-state index contributed by atoms with van der Waals surface area (Å²) in [4.78, 5) is 8.80. The van der Waals surface area contributed by atoms with Crippen LogP contribution in [0, 0.1) is 5.92 Å². The quantitative estimate of drug-likeness (QED) is 0.942. The average Bonchev–Trinajstić information content (AvgIpc) is 2.95. The third kappa shape index (κ3) is 2.34. The molecule has 1 aliphatic rings. The molecule has 1 aliphatic heterocycles. The van der Waals surface area contributed by atoms with Gasteiger partial charge in [0.25, 0.3) is 0 Å². The number of hydrogen-bond acceptors (Lipinski definition) is 4. The zero-order valence-corrected chi connectivity index (χ0v) is 12.4. The van der Waals surface area contributed by atoms with Gasteiger partial charge in [-0.05, 0) is 34.8 Å². The maximum absolute atomic E-state index is 6.02. The van der Waals surface area contributed by atoms with Crippen LogP contribution in [0.15, 0.2) is 16.7 Å². The van der Waals surface area contributed by atoms with E-state index in [1.165, 1.54) is 0 Å². The fourth-order valence-corrected chi connectivity index (χ4v) is 3.09. The molecule has 2 unspecified atom stereocenters. The lowest BCUT2D eigenvalue weighted by Gasteiger charge is -2.18. The lowest BCUT2D eigenvalue weighted by molar-refractivity contribution is 0.0839. The van der Waals surface area contributed by atoms with Gasteiger partial charge in [-0.25, -0.2) is 9.97 Å². The number of halogens is 1. The second-order valence-corrected chi connectivity index (χ2v) is 5.86. The zero-order valence-electron chi connectivity index (χ0n) is 10.8. The summed E-state index contributed by atoms with van der Waals surface area (Å²) in [7, 11) is 0. The third-order valence-electron chi connectivity index (χ3n) is 3.75. The first-order valence-electron chi connectivity index (χ1n) is 6.58. The van der Waals surface area contributed by atoms with E-state index in [9.17, 15) is 0 Å². The molecule has 5 nitrogen and oxygen atoms in total. The summed E-state index contributed by atoms with van der Waals surface area (Å²) in [6, 6.07) is 1.94. The minimum Gasteiger partial charge on any atom is -0.378 e. The van der Waals surface area contributed by atoms with Crippen molar-refractivity contribution >= 4 is 33.0 Å². The standard InChI is InChI=1S/C13H17BrN4O/c1-2-11-8(3-4-19-11)7-18-12-10(17-13(18)15)5-9(14)6-16-12/h5-6,8,11H,2-4,7H2,1H3,(H2,15,17). The highest BCUT2D eigenvalue weighted by atomic mass is 79.9. The van der Waals surface area contributed by atoms with Gasteiger partial charge in [-0.15, -0.1) is 0 Å². The number of rotatable bonds is 3. The number of aromatic nitrogens is 3. The van der Waals surface area contributed by atoms with Crippen molar-refractivity contribution in [1.82, 2.24) is 14.5 Å². The molecule has 2 aromatic heterocycles. The number of imidazole rings is 1. The Balaban J connectivity index is 1.94. The van der Waals surface area contributed by atoms with E-state index in [-0.39, 0.29) is 0 Å². The number of hydrogen-bond donors (Lipinski definition) is 1. The number of nitrogens with zero attached hydrogens (tertiary/aromatic N) is 3. The molecule has 3 rings (SSSR count). The Morgan fingerprint density at radius 1 is 1.58 bits per heavy atom. The SMILES string of the molecule is CCC1OCCC1Cn1c(N)nc2cc(Br)cnc21.